The fourth-order valence-electron chi connectivity index (χ4n) is 4.07. The monoisotopic (exact) mass is 464 g/mol. The van der Waals surface area contributed by atoms with E-state index in [-0.39, 0.29) is 5.70 Å². The lowest BCUT2D eigenvalue weighted by Gasteiger charge is -2.22. The van der Waals surface area contributed by atoms with Gasteiger partial charge in [0.15, 0.2) is 0 Å². The average Bonchev–Trinajstić information content (AvgIpc) is 3.45. The zero-order chi connectivity index (χ0) is 24.2. The van der Waals surface area contributed by atoms with Crippen LogP contribution in [0.2, 0.25) is 0 Å². The second-order valence-electron chi connectivity index (χ2n) is 8.25. The third kappa shape index (κ3) is 4.83. The fourth-order valence-corrected chi connectivity index (χ4v) is 4.07. The van der Waals surface area contributed by atoms with Crippen LogP contribution in [0.5, 0.6) is 11.5 Å². The second-order valence-corrected chi connectivity index (χ2v) is 8.25. The van der Waals surface area contributed by atoms with Crippen molar-refractivity contribution in [2.45, 2.75) is 19.8 Å². The van der Waals surface area contributed by atoms with Gasteiger partial charge in [0.1, 0.15) is 23.7 Å². The molecule has 2 N–H and O–H groups in total. The molecule has 178 valence electrons. The number of carbonyl (C=O) groups is 3. The van der Waals surface area contributed by atoms with Crippen LogP contribution in [0.3, 0.4) is 0 Å². The summed E-state index contributed by atoms with van der Waals surface area (Å²) in [5.74, 6) is 0.144. The lowest BCUT2D eigenvalue weighted by molar-refractivity contribution is -0.127. The highest BCUT2D eigenvalue weighted by atomic mass is 16.5. The predicted molar refractivity (Wildman–Crippen MR) is 129 cm³/mol. The molecule has 0 unspecified atom stereocenters. The summed E-state index contributed by atoms with van der Waals surface area (Å²) in [7, 11) is 3.14. The van der Waals surface area contributed by atoms with E-state index in [4.69, 9.17) is 9.47 Å². The number of hydrogen-bond donors (Lipinski definition) is 2. The maximum absolute atomic E-state index is 12.9. The van der Waals surface area contributed by atoms with Gasteiger partial charge in [-0.15, -0.1) is 0 Å². The molecule has 2 heterocycles. The van der Waals surface area contributed by atoms with Crippen molar-refractivity contribution in [1.29, 1.82) is 0 Å². The van der Waals surface area contributed by atoms with Crippen LogP contribution in [0.15, 0.2) is 42.1 Å². The van der Waals surface area contributed by atoms with Gasteiger partial charge in [-0.05, 0) is 44.0 Å². The molecule has 2 saturated heterocycles. The highest BCUT2D eigenvalue weighted by Crippen LogP contribution is 2.38. The minimum Gasteiger partial charge on any atom is -0.496 e. The van der Waals surface area contributed by atoms with Gasteiger partial charge in [-0.1, -0.05) is 17.7 Å². The molecule has 34 heavy (non-hydrogen) atoms. The number of urea groups is 1. The van der Waals surface area contributed by atoms with Crippen LogP contribution in [0, 0.1) is 6.92 Å². The van der Waals surface area contributed by atoms with Gasteiger partial charge in [0.05, 0.1) is 19.9 Å². The van der Waals surface area contributed by atoms with Gasteiger partial charge in [-0.25, -0.2) is 9.69 Å². The molecule has 0 radical (unpaired) electrons. The number of benzene rings is 2. The van der Waals surface area contributed by atoms with Gasteiger partial charge in [-0.3, -0.25) is 9.59 Å². The van der Waals surface area contributed by atoms with Crippen LogP contribution in [0.25, 0.3) is 6.08 Å². The molecule has 4 amide bonds. The maximum atomic E-state index is 12.9. The summed E-state index contributed by atoms with van der Waals surface area (Å²) in [5.41, 5.74) is 3.21. The number of ether oxygens (including phenoxy) is 2. The number of aryl methyl sites for hydroxylation is 1. The first kappa shape index (κ1) is 23.2. The van der Waals surface area contributed by atoms with E-state index in [1.54, 1.807) is 32.4 Å². The molecule has 2 aromatic rings. The molecule has 2 fully saturated rings. The molecule has 9 nitrogen and oxygen atoms in total. The number of carbonyl (C=O) groups excluding carboxylic acids is 3. The number of methoxy groups -OCH3 is 2. The van der Waals surface area contributed by atoms with E-state index >= 15 is 0 Å². The largest absolute Gasteiger partial charge is 0.496 e. The molecule has 9 heteroatoms. The number of imide groups is 1. The van der Waals surface area contributed by atoms with Crippen LogP contribution in [-0.2, 0) is 9.59 Å². The zero-order valence-corrected chi connectivity index (χ0v) is 19.5. The zero-order valence-electron chi connectivity index (χ0n) is 19.5. The molecule has 0 aromatic heterocycles. The van der Waals surface area contributed by atoms with Crippen molar-refractivity contribution in [2.75, 3.05) is 44.1 Å². The van der Waals surface area contributed by atoms with E-state index in [1.165, 1.54) is 6.08 Å². The summed E-state index contributed by atoms with van der Waals surface area (Å²) in [6, 6.07) is 10.2. The van der Waals surface area contributed by atoms with Gasteiger partial charge in [-0.2, -0.15) is 0 Å². The number of anilines is 2. The number of rotatable bonds is 7. The van der Waals surface area contributed by atoms with E-state index in [2.05, 4.69) is 15.5 Å². The standard InChI is InChI=1S/C25H28N4O5/c1-16-6-8-18(9-7-16)26-23(30)15-29-24(31)19(27-25(29)32)12-17-13-22(34-3)20(14-21(17)33-2)28-10-4-5-11-28/h6-9,12-14H,4-5,10-11,15H2,1-3H3,(H,26,30)(H,27,32). The van der Waals surface area contributed by atoms with Crippen LogP contribution >= 0.6 is 0 Å². The Morgan fingerprint density at radius 1 is 1.06 bits per heavy atom. The highest BCUT2D eigenvalue weighted by Gasteiger charge is 2.35. The first-order valence-electron chi connectivity index (χ1n) is 11.1. The average molecular weight is 465 g/mol. The second kappa shape index (κ2) is 9.86. The molecule has 2 aliphatic rings. The minimum atomic E-state index is -0.657. The third-order valence-electron chi connectivity index (χ3n) is 5.88. The van der Waals surface area contributed by atoms with Crippen molar-refractivity contribution >= 4 is 35.3 Å². The summed E-state index contributed by atoms with van der Waals surface area (Å²) in [6.07, 6.45) is 3.77. The lowest BCUT2D eigenvalue weighted by atomic mass is 10.1. The normalized spacial score (nSPS) is 16.7. The predicted octanol–water partition coefficient (Wildman–Crippen LogP) is 3.14. The molecule has 0 atom stereocenters. The molecular weight excluding hydrogens is 436 g/mol. The van der Waals surface area contributed by atoms with Crippen LogP contribution in [-0.4, -0.2) is 56.6 Å². The molecule has 2 aliphatic heterocycles. The van der Waals surface area contributed by atoms with E-state index in [0.717, 1.165) is 42.1 Å². The molecule has 0 saturated carbocycles. The topological polar surface area (TPSA) is 100 Å². The van der Waals surface area contributed by atoms with Gasteiger partial charge >= 0.3 is 6.03 Å². The van der Waals surface area contributed by atoms with Gasteiger partial charge < -0.3 is 25.0 Å². The van der Waals surface area contributed by atoms with Crippen molar-refractivity contribution in [1.82, 2.24) is 10.2 Å². The Balaban J connectivity index is 1.53. The quantitative estimate of drug-likeness (QED) is 0.482. The molecule has 0 spiro atoms. The van der Waals surface area contributed by atoms with Gasteiger partial charge in [0.25, 0.3) is 5.91 Å². The Morgan fingerprint density at radius 2 is 1.74 bits per heavy atom. The van der Waals surface area contributed by atoms with Gasteiger partial charge in [0, 0.05) is 30.4 Å². The van der Waals surface area contributed by atoms with Crippen molar-refractivity contribution in [3.05, 3.63) is 53.2 Å². The SMILES string of the molecule is COc1cc(N2CCCC2)c(OC)cc1C=C1NC(=O)N(CC(=O)Nc2ccc(C)cc2)C1=O. The molecule has 0 aliphatic carbocycles. The first-order valence-corrected chi connectivity index (χ1v) is 11.1. The van der Waals surface area contributed by atoms with Crippen LogP contribution in [0.4, 0.5) is 16.2 Å². The van der Waals surface area contributed by atoms with E-state index < -0.39 is 24.4 Å². The number of nitrogens with one attached hydrogen (secondary N) is 2. The molecular formula is C25H28N4O5. The van der Waals surface area contributed by atoms with E-state index in [1.807, 2.05) is 25.1 Å². The Hall–Kier alpha value is -4.01. The van der Waals surface area contributed by atoms with E-state index in [9.17, 15) is 14.4 Å². The van der Waals surface area contributed by atoms with Crippen molar-refractivity contribution in [3.8, 4) is 11.5 Å². The van der Waals surface area contributed by atoms with E-state index in [0.29, 0.717) is 22.7 Å². The number of amides is 4. The third-order valence-corrected chi connectivity index (χ3v) is 5.88. The lowest BCUT2D eigenvalue weighted by Crippen LogP contribution is -2.38. The van der Waals surface area contributed by atoms with Gasteiger partial charge in [0.2, 0.25) is 5.91 Å². The Kier molecular flexibility index (Phi) is 6.72. The number of nitrogens with zero attached hydrogens (tertiary/aromatic N) is 2. The Labute approximate surface area is 198 Å². The fraction of sp³-hybridized carbons (Fsp3) is 0.320. The summed E-state index contributed by atoms with van der Waals surface area (Å²) in [4.78, 5) is 40.8. The Bertz CT molecular complexity index is 1140. The van der Waals surface area contributed by atoms with Crippen molar-refractivity contribution in [2.24, 2.45) is 0 Å². The summed E-state index contributed by atoms with van der Waals surface area (Å²) < 4.78 is 11.1. The highest BCUT2D eigenvalue weighted by molar-refractivity contribution is 6.16. The molecule has 0 bridgehead atoms. The molecule has 4 rings (SSSR count). The molecule has 2 aromatic carbocycles. The number of hydrogen-bond acceptors (Lipinski definition) is 6. The maximum Gasteiger partial charge on any atom is 0.329 e. The van der Waals surface area contributed by atoms with Crippen LogP contribution < -0.4 is 25.0 Å². The Morgan fingerprint density at radius 3 is 2.38 bits per heavy atom. The first-order chi connectivity index (χ1) is 16.4. The van der Waals surface area contributed by atoms with Crippen LogP contribution in [0.1, 0.15) is 24.0 Å². The smallest absolute Gasteiger partial charge is 0.329 e. The van der Waals surface area contributed by atoms with Crippen molar-refractivity contribution < 1.29 is 23.9 Å². The van der Waals surface area contributed by atoms with Crippen molar-refractivity contribution in [3.63, 3.8) is 0 Å². The summed E-state index contributed by atoms with van der Waals surface area (Å²) in [6.45, 7) is 3.42. The summed E-state index contributed by atoms with van der Waals surface area (Å²) in [5, 5.41) is 5.24. The minimum absolute atomic E-state index is 0.0578. The summed E-state index contributed by atoms with van der Waals surface area (Å²) >= 11 is 0.